The second-order valence-electron chi connectivity index (χ2n) is 6.53. The average molecular weight is 342 g/mol. The SMILES string of the molecule is Cc1cccc(C(C(=O)O)C(C)C)c1.Cc1cccc(CC(=O)O)c1. The van der Waals surface area contributed by atoms with Gasteiger partial charge >= 0.3 is 11.9 Å². The molecule has 0 fully saturated rings. The number of benzene rings is 2. The Hall–Kier alpha value is -2.62. The van der Waals surface area contributed by atoms with Crippen molar-refractivity contribution in [3.63, 3.8) is 0 Å². The van der Waals surface area contributed by atoms with Crippen LogP contribution in [0.15, 0.2) is 48.5 Å². The molecule has 0 aliphatic heterocycles. The number of carboxylic acid groups (broad SMARTS) is 2. The molecule has 2 aromatic carbocycles. The van der Waals surface area contributed by atoms with Crippen molar-refractivity contribution < 1.29 is 19.8 Å². The summed E-state index contributed by atoms with van der Waals surface area (Å²) in [6.45, 7) is 7.79. The van der Waals surface area contributed by atoms with Crippen LogP contribution >= 0.6 is 0 Å². The van der Waals surface area contributed by atoms with Crippen LogP contribution in [0.5, 0.6) is 0 Å². The van der Waals surface area contributed by atoms with E-state index in [2.05, 4.69) is 0 Å². The molecule has 0 heterocycles. The number of hydrogen-bond donors (Lipinski definition) is 2. The van der Waals surface area contributed by atoms with E-state index in [4.69, 9.17) is 10.2 Å². The number of aliphatic carboxylic acids is 2. The molecule has 0 aliphatic rings. The second kappa shape index (κ2) is 9.62. The van der Waals surface area contributed by atoms with E-state index in [0.717, 1.165) is 22.3 Å². The molecule has 4 heteroatoms. The summed E-state index contributed by atoms with van der Waals surface area (Å²) in [5, 5.41) is 17.5. The quantitative estimate of drug-likeness (QED) is 0.842. The maximum absolute atomic E-state index is 11.1. The lowest BCUT2D eigenvalue weighted by molar-refractivity contribution is -0.140. The van der Waals surface area contributed by atoms with Crippen LogP contribution in [0.1, 0.15) is 42.0 Å². The standard InChI is InChI=1S/C12H16O2.C9H10O2/c1-8(2)11(12(13)14)10-6-4-5-9(3)7-10;1-7-3-2-4-8(5-7)6-9(10)11/h4-8,11H,1-3H3,(H,13,14);2-5H,6H2,1H3,(H,10,11). The van der Waals surface area contributed by atoms with Crippen molar-refractivity contribution in [3.8, 4) is 0 Å². The molecule has 4 nitrogen and oxygen atoms in total. The Morgan fingerprint density at radius 2 is 1.48 bits per heavy atom. The van der Waals surface area contributed by atoms with E-state index in [-0.39, 0.29) is 12.3 Å². The molecule has 1 atom stereocenters. The lowest BCUT2D eigenvalue weighted by Crippen LogP contribution is -2.17. The lowest BCUT2D eigenvalue weighted by Gasteiger charge is -2.16. The Bertz CT molecular complexity index is 719. The number of carbonyl (C=O) groups is 2. The van der Waals surface area contributed by atoms with Crippen molar-refractivity contribution in [2.45, 2.75) is 40.0 Å². The van der Waals surface area contributed by atoms with Gasteiger partial charge in [0.05, 0.1) is 12.3 Å². The molecule has 0 aromatic heterocycles. The molecule has 0 aliphatic carbocycles. The molecule has 0 saturated carbocycles. The first kappa shape index (κ1) is 20.4. The Morgan fingerprint density at radius 3 is 1.92 bits per heavy atom. The zero-order valence-corrected chi connectivity index (χ0v) is 15.2. The Kier molecular flexibility index (Phi) is 7.86. The van der Waals surface area contributed by atoms with Gasteiger partial charge in [-0.2, -0.15) is 0 Å². The van der Waals surface area contributed by atoms with Gasteiger partial charge in [-0.3, -0.25) is 9.59 Å². The largest absolute Gasteiger partial charge is 0.481 e. The number of aryl methyl sites for hydroxylation is 2. The predicted octanol–water partition coefficient (Wildman–Crippen LogP) is 4.44. The van der Waals surface area contributed by atoms with Gasteiger partial charge in [-0.15, -0.1) is 0 Å². The summed E-state index contributed by atoms with van der Waals surface area (Å²) in [6, 6.07) is 15.2. The molecule has 0 saturated heterocycles. The van der Waals surface area contributed by atoms with Crippen LogP contribution in [-0.4, -0.2) is 22.2 Å². The summed E-state index contributed by atoms with van der Waals surface area (Å²) in [5.41, 5.74) is 3.96. The highest BCUT2D eigenvalue weighted by Crippen LogP contribution is 2.25. The monoisotopic (exact) mass is 342 g/mol. The molecule has 0 bridgehead atoms. The topological polar surface area (TPSA) is 74.6 Å². The molecule has 2 aromatic rings. The Morgan fingerprint density at radius 1 is 0.920 bits per heavy atom. The zero-order chi connectivity index (χ0) is 19.0. The molecule has 0 spiro atoms. The Balaban J connectivity index is 0.000000257. The fraction of sp³-hybridized carbons (Fsp3) is 0.333. The fourth-order valence-electron chi connectivity index (χ4n) is 2.67. The lowest BCUT2D eigenvalue weighted by atomic mass is 9.88. The van der Waals surface area contributed by atoms with E-state index in [1.165, 1.54) is 0 Å². The van der Waals surface area contributed by atoms with Crippen LogP contribution < -0.4 is 0 Å². The van der Waals surface area contributed by atoms with E-state index in [1.54, 1.807) is 0 Å². The maximum Gasteiger partial charge on any atom is 0.311 e. The van der Waals surface area contributed by atoms with Gasteiger partial charge in [0.2, 0.25) is 0 Å². The molecular weight excluding hydrogens is 316 g/mol. The minimum atomic E-state index is -0.782. The normalized spacial score (nSPS) is 11.4. The molecule has 0 amide bonds. The third-order valence-corrected chi connectivity index (χ3v) is 3.77. The van der Waals surface area contributed by atoms with Crippen molar-refractivity contribution in [1.29, 1.82) is 0 Å². The van der Waals surface area contributed by atoms with Gasteiger partial charge in [0, 0.05) is 0 Å². The summed E-state index contributed by atoms with van der Waals surface area (Å²) in [6.07, 6.45) is 0.113. The van der Waals surface area contributed by atoms with Crippen LogP contribution in [0.4, 0.5) is 0 Å². The van der Waals surface area contributed by atoms with Gasteiger partial charge < -0.3 is 10.2 Å². The highest BCUT2D eigenvalue weighted by Gasteiger charge is 2.23. The van der Waals surface area contributed by atoms with E-state index in [9.17, 15) is 9.59 Å². The third kappa shape index (κ3) is 7.21. The number of rotatable bonds is 5. The van der Waals surface area contributed by atoms with Crippen molar-refractivity contribution in [3.05, 3.63) is 70.8 Å². The van der Waals surface area contributed by atoms with E-state index in [1.807, 2.05) is 76.2 Å². The molecule has 2 N–H and O–H groups in total. The highest BCUT2D eigenvalue weighted by molar-refractivity contribution is 5.76. The summed E-state index contributed by atoms with van der Waals surface area (Å²) in [4.78, 5) is 21.3. The summed E-state index contributed by atoms with van der Waals surface area (Å²) in [5.74, 6) is -1.80. The van der Waals surface area contributed by atoms with E-state index in [0.29, 0.717) is 0 Å². The summed E-state index contributed by atoms with van der Waals surface area (Å²) < 4.78 is 0. The van der Waals surface area contributed by atoms with Crippen LogP contribution in [0.25, 0.3) is 0 Å². The minimum absolute atomic E-state index is 0.113. The number of hydrogen-bond acceptors (Lipinski definition) is 2. The van der Waals surface area contributed by atoms with Gasteiger partial charge in [0.1, 0.15) is 0 Å². The van der Waals surface area contributed by atoms with Crippen LogP contribution in [0.3, 0.4) is 0 Å². The average Bonchev–Trinajstić information content (AvgIpc) is 2.46. The van der Waals surface area contributed by atoms with Gasteiger partial charge in [0.25, 0.3) is 0 Å². The van der Waals surface area contributed by atoms with E-state index < -0.39 is 17.9 Å². The molecule has 25 heavy (non-hydrogen) atoms. The van der Waals surface area contributed by atoms with Crippen molar-refractivity contribution in [2.24, 2.45) is 5.92 Å². The highest BCUT2D eigenvalue weighted by atomic mass is 16.4. The first-order valence-electron chi connectivity index (χ1n) is 8.27. The first-order chi connectivity index (χ1) is 11.7. The van der Waals surface area contributed by atoms with Crippen molar-refractivity contribution >= 4 is 11.9 Å². The van der Waals surface area contributed by atoms with Crippen molar-refractivity contribution in [2.75, 3.05) is 0 Å². The van der Waals surface area contributed by atoms with Crippen LogP contribution in [0, 0.1) is 19.8 Å². The summed E-state index contributed by atoms with van der Waals surface area (Å²) in [7, 11) is 0. The van der Waals surface area contributed by atoms with Crippen molar-refractivity contribution in [1.82, 2.24) is 0 Å². The third-order valence-electron chi connectivity index (χ3n) is 3.77. The zero-order valence-electron chi connectivity index (χ0n) is 15.2. The molecule has 134 valence electrons. The maximum atomic E-state index is 11.1. The fourth-order valence-corrected chi connectivity index (χ4v) is 2.67. The van der Waals surface area contributed by atoms with Gasteiger partial charge in [-0.05, 0) is 30.9 Å². The van der Waals surface area contributed by atoms with Crippen LogP contribution in [0.2, 0.25) is 0 Å². The smallest absolute Gasteiger partial charge is 0.311 e. The molecular formula is C21H26O4. The molecule has 1 unspecified atom stereocenters. The molecule has 0 radical (unpaired) electrons. The van der Waals surface area contributed by atoms with Gasteiger partial charge in [-0.25, -0.2) is 0 Å². The Labute approximate surface area is 149 Å². The van der Waals surface area contributed by atoms with Gasteiger partial charge in [0.15, 0.2) is 0 Å². The second-order valence-corrected chi connectivity index (χ2v) is 6.53. The first-order valence-corrected chi connectivity index (χ1v) is 8.27. The number of carboxylic acids is 2. The van der Waals surface area contributed by atoms with Gasteiger partial charge in [-0.1, -0.05) is 73.5 Å². The molecule has 2 rings (SSSR count). The predicted molar refractivity (Wildman–Crippen MR) is 98.9 cm³/mol. The minimum Gasteiger partial charge on any atom is -0.481 e. The van der Waals surface area contributed by atoms with Crippen LogP contribution in [-0.2, 0) is 16.0 Å². The van der Waals surface area contributed by atoms with E-state index >= 15 is 0 Å². The summed E-state index contributed by atoms with van der Waals surface area (Å²) >= 11 is 0.